The number of benzene rings is 1. The number of fused-ring (bicyclic) bond motifs is 1. The van der Waals surface area contributed by atoms with Crippen molar-refractivity contribution in [3.05, 3.63) is 23.8 Å². The van der Waals surface area contributed by atoms with Gasteiger partial charge in [0.1, 0.15) is 0 Å². The summed E-state index contributed by atoms with van der Waals surface area (Å²) in [6.45, 7) is 4.75. The molecule has 0 aromatic heterocycles. The number of carbonyl (C=O) groups is 1. The molecule has 2 aliphatic heterocycles. The van der Waals surface area contributed by atoms with Crippen LogP contribution in [0.15, 0.2) is 18.2 Å². The predicted octanol–water partition coefficient (Wildman–Crippen LogP) is 1.47. The van der Waals surface area contributed by atoms with Gasteiger partial charge in [0, 0.05) is 31.1 Å². The summed E-state index contributed by atoms with van der Waals surface area (Å²) >= 11 is 1.95. The second-order valence-electron chi connectivity index (χ2n) is 5.23. The summed E-state index contributed by atoms with van der Waals surface area (Å²) in [5.41, 5.74) is 1.02. The van der Waals surface area contributed by atoms with Crippen molar-refractivity contribution in [3.8, 4) is 11.5 Å². The lowest BCUT2D eigenvalue weighted by Crippen LogP contribution is -2.48. The van der Waals surface area contributed by atoms with Crippen molar-refractivity contribution in [2.24, 2.45) is 0 Å². The molecule has 1 aromatic rings. The van der Waals surface area contributed by atoms with Crippen molar-refractivity contribution in [1.29, 1.82) is 0 Å². The van der Waals surface area contributed by atoms with E-state index in [4.69, 9.17) is 9.47 Å². The van der Waals surface area contributed by atoms with Gasteiger partial charge in [-0.05, 0) is 24.6 Å². The highest BCUT2D eigenvalue weighted by Gasteiger charge is 2.22. The smallest absolute Gasteiger partial charge is 0.237 e. The molecule has 114 valence electrons. The van der Waals surface area contributed by atoms with Crippen molar-refractivity contribution in [2.45, 2.75) is 19.5 Å². The first kappa shape index (κ1) is 14.5. The molecule has 1 aromatic carbocycles. The molecular weight excluding hydrogens is 288 g/mol. The average molecular weight is 308 g/mol. The lowest BCUT2D eigenvalue weighted by Gasteiger charge is -2.31. The lowest BCUT2D eigenvalue weighted by molar-refractivity contribution is -0.125. The molecule has 1 unspecified atom stereocenters. The summed E-state index contributed by atoms with van der Waals surface area (Å²) < 4.78 is 10.6. The van der Waals surface area contributed by atoms with Crippen LogP contribution in [-0.2, 0) is 11.3 Å². The molecule has 0 spiro atoms. The first-order chi connectivity index (χ1) is 10.2. The molecule has 1 fully saturated rings. The van der Waals surface area contributed by atoms with Gasteiger partial charge in [0.25, 0.3) is 0 Å². The number of hydrogen-bond acceptors (Lipinski definition) is 5. The number of thioether (sulfide) groups is 1. The van der Waals surface area contributed by atoms with Crippen LogP contribution in [0.1, 0.15) is 12.5 Å². The highest BCUT2D eigenvalue weighted by atomic mass is 32.2. The summed E-state index contributed by atoms with van der Waals surface area (Å²) in [5, 5.41) is 3.00. The minimum atomic E-state index is -0.0695. The van der Waals surface area contributed by atoms with Crippen LogP contribution >= 0.6 is 11.8 Å². The highest BCUT2D eigenvalue weighted by Crippen LogP contribution is 2.32. The molecule has 0 saturated carbocycles. The minimum Gasteiger partial charge on any atom is -0.454 e. The number of carbonyl (C=O) groups excluding carboxylic acids is 1. The summed E-state index contributed by atoms with van der Waals surface area (Å²) in [6.07, 6.45) is 0. The molecule has 6 heteroatoms. The Bertz CT molecular complexity index is 518. The lowest BCUT2D eigenvalue weighted by atomic mass is 10.2. The Morgan fingerprint density at radius 3 is 2.90 bits per heavy atom. The van der Waals surface area contributed by atoms with Gasteiger partial charge < -0.3 is 14.8 Å². The Kier molecular flexibility index (Phi) is 4.55. The quantitative estimate of drug-likeness (QED) is 0.913. The van der Waals surface area contributed by atoms with Crippen LogP contribution in [0.3, 0.4) is 0 Å². The Hall–Kier alpha value is -1.40. The second-order valence-corrected chi connectivity index (χ2v) is 6.45. The zero-order chi connectivity index (χ0) is 14.7. The molecular formula is C15H20N2O3S. The van der Waals surface area contributed by atoms with Gasteiger partial charge in [0.15, 0.2) is 11.5 Å². The zero-order valence-corrected chi connectivity index (χ0v) is 12.9. The number of ether oxygens (including phenoxy) is 2. The third-order valence-electron chi connectivity index (χ3n) is 3.88. The van der Waals surface area contributed by atoms with E-state index in [2.05, 4.69) is 10.2 Å². The number of nitrogens with zero attached hydrogens (tertiary/aromatic N) is 1. The van der Waals surface area contributed by atoms with E-state index in [9.17, 15) is 4.79 Å². The first-order valence-electron chi connectivity index (χ1n) is 7.22. The van der Waals surface area contributed by atoms with Gasteiger partial charge in [-0.25, -0.2) is 0 Å². The Labute approximate surface area is 129 Å². The van der Waals surface area contributed by atoms with Crippen molar-refractivity contribution in [3.63, 3.8) is 0 Å². The highest BCUT2D eigenvalue weighted by molar-refractivity contribution is 7.99. The standard InChI is InChI=1S/C15H20N2O3S/c1-11(17-4-6-21-7-5-17)15(18)16-9-12-2-3-13-14(8-12)20-10-19-13/h2-3,8,11H,4-7,9-10H2,1H3,(H,16,18). The molecule has 5 nitrogen and oxygen atoms in total. The Morgan fingerprint density at radius 2 is 2.10 bits per heavy atom. The maximum absolute atomic E-state index is 12.2. The number of rotatable bonds is 4. The fourth-order valence-electron chi connectivity index (χ4n) is 2.52. The van der Waals surface area contributed by atoms with E-state index in [1.54, 1.807) is 0 Å². The van der Waals surface area contributed by atoms with Gasteiger partial charge >= 0.3 is 0 Å². The fraction of sp³-hybridized carbons (Fsp3) is 0.533. The predicted molar refractivity (Wildman–Crippen MR) is 82.8 cm³/mol. The molecule has 3 rings (SSSR count). The third kappa shape index (κ3) is 3.44. The molecule has 0 aliphatic carbocycles. The number of nitrogens with one attached hydrogen (secondary N) is 1. The van der Waals surface area contributed by atoms with Crippen LogP contribution < -0.4 is 14.8 Å². The van der Waals surface area contributed by atoms with Crippen molar-refractivity contribution >= 4 is 17.7 Å². The molecule has 1 amide bonds. The van der Waals surface area contributed by atoms with Crippen molar-refractivity contribution in [2.75, 3.05) is 31.4 Å². The first-order valence-corrected chi connectivity index (χ1v) is 8.37. The summed E-state index contributed by atoms with van der Waals surface area (Å²) in [5.74, 6) is 3.83. The van der Waals surface area contributed by atoms with Crippen molar-refractivity contribution in [1.82, 2.24) is 10.2 Å². The second kappa shape index (κ2) is 6.58. The van der Waals surface area contributed by atoms with E-state index in [1.807, 2.05) is 36.9 Å². The summed E-state index contributed by atoms with van der Waals surface area (Å²) in [4.78, 5) is 14.5. The summed E-state index contributed by atoms with van der Waals surface area (Å²) in [6, 6.07) is 5.69. The van der Waals surface area contributed by atoms with Gasteiger partial charge in [-0.3, -0.25) is 9.69 Å². The van der Waals surface area contributed by atoms with Gasteiger partial charge in [0.05, 0.1) is 6.04 Å². The van der Waals surface area contributed by atoms with E-state index >= 15 is 0 Å². The fourth-order valence-corrected chi connectivity index (χ4v) is 3.45. The molecule has 2 aliphatic rings. The van der Waals surface area contributed by atoms with E-state index < -0.39 is 0 Å². The van der Waals surface area contributed by atoms with E-state index in [0.717, 1.165) is 41.7 Å². The van der Waals surface area contributed by atoms with Crippen LogP contribution in [0.4, 0.5) is 0 Å². The summed E-state index contributed by atoms with van der Waals surface area (Å²) in [7, 11) is 0. The largest absolute Gasteiger partial charge is 0.454 e. The maximum atomic E-state index is 12.2. The molecule has 1 saturated heterocycles. The van der Waals surface area contributed by atoms with E-state index in [-0.39, 0.29) is 18.7 Å². The molecule has 0 radical (unpaired) electrons. The SMILES string of the molecule is CC(C(=O)NCc1ccc2c(c1)OCO2)N1CCSCC1. The van der Waals surface area contributed by atoms with E-state index in [0.29, 0.717) is 6.54 Å². The van der Waals surface area contributed by atoms with Crippen LogP contribution in [0.25, 0.3) is 0 Å². The maximum Gasteiger partial charge on any atom is 0.237 e. The molecule has 2 heterocycles. The Morgan fingerprint density at radius 1 is 1.33 bits per heavy atom. The van der Waals surface area contributed by atoms with Gasteiger partial charge in [-0.2, -0.15) is 11.8 Å². The van der Waals surface area contributed by atoms with Gasteiger partial charge in [0.2, 0.25) is 12.7 Å². The Balaban J connectivity index is 1.53. The molecule has 21 heavy (non-hydrogen) atoms. The molecule has 0 bridgehead atoms. The van der Waals surface area contributed by atoms with Crippen LogP contribution in [0.5, 0.6) is 11.5 Å². The van der Waals surface area contributed by atoms with Crippen LogP contribution in [0.2, 0.25) is 0 Å². The van der Waals surface area contributed by atoms with E-state index in [1.165, 1.54) is 0 Å². The monoisotopic (exact) mass is 308 g/mol. The van der Waals surface area contributed by atoms with Crippen LogP contribution in [-0.4, -0.2) is 48.2 Å². The van der Waals surface area contributed by atoms with Crippen molar-refractivity contribution < 1.29 is 14.3 Å². The topological polar surface area (TPSA) is 50.8 Å². The minimum absolute atomic E-state index is 0.0695. The van der Waals surface area contributed by atoms with Gasteiger partial charge in [-0.1, -0.05) is 6.07 Å². The third-order valence-corrected chi connectivity index (χ3v) is 4.82. The molecule has 1 atom stereocenters. The van der Waals surface area contributed by atoms with Crippen LogP contribution in [0, 0.1) is 0 Å². The number of amides is 1. The molecule has 1 N–H and O–H groups in total. The zero-order valence-electron chi connectivity index (χ0n) is 12.1. The number of hydrogen-bond donors (Lipinski definition) is 1. The van der Waals surface area contributed by atoms with Gasteiger partial charge in [-0.15, -0.1) is 0 Å². The average Bonchev–Trinajstić information content (AvgIpc) is 3.00. The normalized spacial score (nSPS) is 19.3.